The molecule has 0 radical (unpaired) electrons. The summed E-state index contributed by atoms with van der Waals surface area (Å²) >= 11 is 0. The molecule has 3 heterocycles. The normalized spacial score (nSPS) is 15.0. The van der Waals surface area contributed by atoms with Crippen LogP contribution in [0.1, 0.15) is 11.4 Å². The highest BCUT2D eigenvalue weighted by Gasteiger charge is 2.22. The second-order valence-electron chi connectivity index (χ2n) is 6.46. The van der Waals surface area contributed by atoms with Crippen molar-refractivity contribution in [3.8, 4) is 5.75 Å². The molecular formula is C19H23N5O. The van der Waals surface area contributed by atoms with E-state index in [0.717, 1.165) is 60.5 Å². The van der Waals surface area contributed by atoms with E-state index in [1.54, 1.807) is 7.11 Å². The number of fused-ring (bicyclic) bond motifs is 1. The average molecular weight is 337 g/mol. The molecule has 0 N–H and O–H groups in total. The zero-order chi connectivity index (χ0) is 17.4. The molecule has 0 amide bonds. The highest BCUT2D eigenvalue weighted by molar-refractivity contribution is 5.60. The van der Waals surface area contributed by atoms with E-state index in [2.05, 4.69) is 38.1 Å². The second kappa shape index (κ2) is 6.27. The molecule has 1 aromatic carbocycles. The molecule has 3 aromatic rings. The summed E-state index contributed by atoms with van der Waals surface area (Å²) in [5.41, 5.74) is 4.09. The van der Waals surface area contributed by atoms with Crippen LogP contribution in [0.3, 0.4) is 0 Å². The largest absolute Gasteiger partial charge is 0.495 e. The van der Waals surface area contributed by atoms with E-state index in [-0.39, 0.29) is 0 Å². The number of methoxy groups -OCH3 is 1. The monoisotopic (exact) mass is 337 g/mol. The first-order valence-corrected chi connectivity index (χ1v) is 8.62. The van der Waals surface area contributed by atoms with Crippen LogP contribution in [0.25, 0.3) is 5.65 Å². The minimum Gasteiger partial charge on any atom is -0.495 e. The van der Waals surface area contributed by atoms with Crippen LogP contribution in [0.2, 0.25) is 0 Å². The van der Waals surface area contributed by atoms with Crippen LogP contribution in [-0.2, 0) is 0 Å². The van der Waals surface area contributed by atoms with Crippen molar-refractivity contribution in [1.82, 2.24) is 14.6 Å². The van der Waals surface area contributed by atoms with Gasteiger partial charge in [-0.25, -0.2) is 4.98 Å². The topological polar surface area (TPSA) is 45.9 Å². The summed E-state index contributed by atoms with van der Waals surface area (Å²) in [5, 5.41) is 4.61. The first kappa shape index (κ1) is 15.7. The second-order valence-corrected chi connectivity index (χ2v) is 6.46. The lowest BCUT2D eigenvalue weighted by atomic mass is 10.2. The SMILES string of the molecule is COc1ccccc1N1CCN(c2cc(C)nc3cc(C)nn23)CC1. The molecule has 0 saturated carbocycles. The molecule has 0 bridgehead atoms. The number of piperazine rings is 1. The van der Waals surface area contributed by atoms with Crippen LogP contribution in [0.4, 0.5) is 11.5 Å². The summed E-state index contributed by atoms with van der Waals surface area (Å²) in [6.07, 6.45) is 0. The summed E-state index contributed by atoms with van der Waals surface area (Å²) in [4.78, 5) is 9.36. The zero-order valence-electron chi connectivity index (χ0n) is 14.9. The van der Waals surface area contributed by atoms with Gasteiger partial charge in [-0.15, -0.1) is 0 Å². The summed E-state index contributed by atoms with van der Waals surface area (Å²) in [7, 11) is 1.73. The van der Waals surface area contributed by atoms with Gasteiger partial charge in [0.05, 0.1) is 18.5 Å². The molecule has 0 atom stereocenters. The van der Waals surface area contributed by atoms with Crippen LogP contribution in [0.5, 0.6) is 5.75 Å². The molecule has 6 heteroatoms. The quantitative estimate of drug-likeness (QED) is 0.735. The average Bonchev–Trinajstić information content (AvgIpc) is 3.01. The third-order valence-corrected chi connectivity index (χ3v) is 4.69. The number of hydrogen-bond donors (Lipinski definition) is 0. The van der Waals surface area contributed by atoms with E-state index >= 15 is 0 Å². The molecular weight excluding hydrogens is 314 g/mol. The van der Waals surface area contributed by atoms with Crippen LogP contribution >= 0.6 is 0 Å². The summed E-state index contributed by atoms with van der Waals surface area (Å²) < 4.78 is 7.47. The van der Waals surface area contributed by atoms with Gasteiger partial charge in [0.25, 0.3) is 0 Å². The molecule has 1 fully saturated rings. The molecule has 1 aliphatic rings. The molecule has 130 valence electrons. The van der Waals surface area contributed by atoms with Gasteiger partial charge < -0.3 is 14.5 Å². The Labute approximate surface area is 147 Å². The van der Waals surface area contributed by atoms with E-state index in [4.69, 9.17) is 4.74 Å². The first-order valence-electron chi connectivity index (χ1n) is 8.62. The minimum atomic E-state index is 0.916. The fourth-order valence-electron chi connectivity index (χ4n) is 3.49. The van der Waals surface area contributed by atoms with Crippen LogP contribution in [-0.4, -0.2) is 47.9 Å². The molecule has 0 unspecified atom stereocenters. The van der Waals surface area contributed by atoms with Gasteiger partial charge in [0, 0.05) is 44.0 Å². The Balaban J connectivity index is 1.58. The lowest BCUT2D eigenvalue weighted by Crippen LogP contribution is -2.47. The van der Waals surface area contributed by atoms with Gasteiger partial charge in [0.2, 0.25) is 0 Å². The number of rotatable bonds is 3. The lowest BCUT2D eigenvalue weighted by molar-refractivity contribution is 0.413. The molecule has 25 heavy (non-hydrogen) atoms. The first-order chi connectivity index (χ1) is 12.2. The third-order valence-electron chi connectivity index (χ3n) is 4.69. The van der Waals surface area contributed by atoms with Gasteiger partial charge in [0.1, 0.15) is 11.6 Å². The highest BCUT2D eigenvalue weighted by atomic mass is 16.5. The van der Waals surface area contributed by atoms with Crippen LogP contribution in [0, 0.1) is 13.8 Å². The summed E-state index contributed by atoms with van der Waals surface area (Å²) in [6, 6.07) is 12.4. The molecule has 6 nitrogen and oxygen atoms in total. The van der Waals surface area contributed by atoms with E-state index < -0.39 is 0 Å². The standard InChI is InChI=1S/C19H23N5O/c1-14-13-19(24-18(20-14)12-15(2)21-24)23-10-8-22(9-11-23)16-6-4-5-7-17(16)25-3/h4-7,12-13H,8-11H2,1-3H3. The summed E-state index contributed by atoms with van der Waals surface area (Å²) in [6.45, 7) is 7.82. The van der Waals surface area contributed by atoms with Crippen molar-refractivity contribution in [2.75, 3.05) is 43.1 Å². The maximum Gasteiger partial charge on any atom is 0.157 e. The number of hydrogen-bond acceptors (Lipinski definition) is 5. The number of nitrogens with zero attached hydrogens (tertiary/aromatic N) is 5. The highest BCUT2D eigenvalue weighted by Crippen LogP contribution is 2.29. The van der Waals surface area contributed by atoms with Crippen LogP contribution < -0.4 is 14.5 Å². The van der Waals surface area contributed by atoms with E-state index in [1.165, 1.54) is 0 Å². The summed E-state index contributed by atoms with van der Waals surface area (Å²) in [5.74, 6) is 2.05. The Bertz CT molecular complexity index is 896. The Morgan fingerprint density at radius 3 is 2.40 bits per heavy atom. The number of aromatic nitrogens is 3. The molecule has 0 spiro atoms. The van der Waals surface area contributed by atoms with Crippen LogP contribution in [0.15, 0.2) is 36.4 Å². The van der Waals surface area contributed by atoms with E-state index in [9.17, 15) is 0 Å². The number of benzene rings is 1. The van der Waals surface area contributed by atoms with Crippen molar-refractivity contribution in [3.05, 3.63) is 47.8 Å². The Hall–Kier alpha value is -2.76. The predicted molar refractivity (Wildman–Crippen MR) is 99.9 cm³/mol. The van der Waals surface area contributed by atoms with Gasteiger partial charge in [-0.3, -0.25) is 0 Å². The van der Waals surface area contributed by atoms with Crippen molar-refractivity contribution >= 4 is 17.2 Å². The minimum absolute atomic E-state index is 0.916. The van der Waals surface area contributed by atoms with Crippen molar-refractivity contribution in [2.45, 2.75) is 13.8 Å². The van der Waals surface area contributed by atoms with Gasteiger partial charge in [-0.2, -0.15) is 9.61 Å². The maximum absolute atomic E-state index is 5.51. The molecule has 2 aromatic heterocycles. The van der Waals surface area contributed by atoms with E-state index in [0.29, 0.717) is 0 Å². The van der Waals surface area contributed by atoms with Crippen molar-refractivity contribution in [1.29, 1.82) is 0 Å². The Morgan fingerprint density at radius 1 is 0.920 bits per heavy atom. The van der Waals surface area contributed by atoms with Crippen molar-refractivity contribution < 1.29 is 4.74 Å². The lowest BCUT2D eigenvalue weighted by Gasteiger charge is -2.37. The smallest absolute Gasteiger partial charge is 0.157 e. The fourth-order valence-corrected chi connectivity index (χ4v) is 3.49. The maximum atomic E-state index is 5.51. The third kappa shape index (κ3) is 2.88. The fraction of sp³-hybridized carbons (Fsp3) is 0.368. The number of para-hydroxylation sites is 2. The van der Waals surface area contributed by atoms with E-state index in [1.807, 2.05) is 36.6 Å². The van der Waals surface area contributed by atoms with Gasteiger partial charge >= 0.3 is 0 Å². The molecule has 1 saturated heterocycles. The van der Waals surface area contributed by atoms with Crippen molar-refractivity contribution in [3.63, 3.8) is 0 Å². The molecule has 0 aliphatic carbocycles. The Kier molecular flexibility index (Phi) is 3.95. The zero-order valence-corrected chi connectivity index (χ0v) is 14.9. The predicted octanol–water partition coefficient (Wildman–Crippen LogP) is 2.68. The van der Waals surface area contributed by atoms with Gasteiger partial charge in [-0.05, 0) is 26.0 Å². The van der Waals surface area contributed by atoms with Gasteiger partial charge in [-0.1, -0.05) is 12.1 Å². The number of aryl methyl sites for hydroxylation is 2. The number of anilines is 2. The number of ether oxygens (including phenoxy) is 1. The van der Waals surface area contributed by atoms with Crippen molar-refractivity contribution in [2.24, 2.45) is 0 Å². The molecule has 4 rings (SSSR count). The Morgan fingerprint density at radius 2 is 1.64 bits per heavy atom. The molecule has 1 aliphatic heterocycles. The van der Waals surface area contributed by atoms with Gasteiger partial charge in [0.15, 0.2) is 5.65 Å².